The molecule has 0 bridgehead atoms. The molecule has 0 saturated carbocycles. The largest absolute Gasteiger partial charge is 0.405 e. The number of piperazine rings is 1. The zero-order valence-corrected chi connectivity index (χ0v) is 9.13. The van der Waals surface area contributed by atoms with E-state index < -0.39 is 18.8 Å². The van der Waals surface area contributed by atoms with E-state index >= 15 is 0 Å². The second-order valence-electron chi connectivity index (χ2n) is 3.70. The fourth-order valence-corrected chi connectivity index (χ4v) is 1.50. The van der Waals surface area contributed by atoms with Crippen LogP contribution in [0.5, 0.6) is 0 Å². The van der Waals surface area contributed by atoms with Crippen LogP contribution >= 0.6 is 0 Å². The first kappa shape index (κ1) is 13.6. The van der Waals surface area contributed by atoms with Gasteiger partial charge in [0, 0.05) is 26.2 Å². The van der Waals surface area contributed by atoms with E-state index in [9.17, 15) is 18.0 Å². The third-order valence-corrected chi connectivity index (χ3v) is 2.39. The predicted octanol–water partition coefficient (Wildman–Crippen LogP) is 0.399. The molecule has 0 spiro atoms. The van der Waals surface area contributed by atoms with Gasteiger partial charge in [-0.3, -0.25) is 4.90 Å². The first-order chi connectivity index (χ1) is 7.92. The monoisotopic (exact) mass is 250 g/mol. The van der Waals surface area contributed by atoms with Crippen LogP contribution in [0, 0.1) is 11.3 Å². The molecule has 1 fully saturated rings. The van der Waals surface area contributed by atoms with Crippen molar-refractivity contribution in [1.82, 2.24) is 15.1 Å². The Labute approximate surface area is 96.8 Å². The normalized spacial score (nSPS) is 17.6. The quantitative estimate of drug-likeness (QED) is 0.722. The van der Waals surface area contributed by atoms with Gasteiger partial charge in [0.1, 0.15) is 6.54 Å². The van der Waals surface area contributed by atoms with Gasteiger partial charge in [-0.25, -0.2) is 4.79 Å². The molecule has 5 nitrogen and oxygen atoms in total. The Hall–Kier alpha value is -1.49. The first-order valence-corrected chi connectivity index (χ1v) is 5.11. The SMILES string of the molecule is N#CCN1CCN(C(=O)NCC(F)(F)F)CC1. The zero-order valence-electron chi connectivity index (χ0n) is 9.13. The third kappa shape index (κ3) is 4.91. The van der Waals surface area contributed by atoms with E-state index in [1.54, 1.807) is 0 Å². The van der Waals surface area contributed by atoms with Gasteiger partial charge < -0.3 is 10.2 Å². The Morgan fingerprint density at radius 2 is 1.88 bits per heavy atom. The number of nitriles is 1. The molecule has 1 aliphatic rings. The van der Waals surface area contributed by atoms with Gasteiger partial charge in [-0.15, -0.1) is 0 Å². The fourth-order valence-electron chi connectivity index (χ4n) is 1.50. The Morgan fingerprint density at radius 1 is 1.29 bits per heavy atom. The molecule has 1 rings (SSSR count). The highest BCUT2D eigenvalue weighted by atomic mass is 19.4. The maximum atomic E-state index is 11.9. The summed E-state index contributed by atoms with van der Waals surface area (Å²) in [4.78, 5) is 14.5. The van der Waals surface area contributed by atoms with Crippen LogP contribution in [0.25, 0.3) is 0 Å². The van der Waals surface area contributed by atoms with Crippen LogP contribution in [0.2, 0.25) is 0 Å². The lowest BCUT2D eigenvalue weighted by molar-refractivity contribution is -0.123. The van der Waals surface area contributed by atoms with Crippen LogP contribution in [0.15, 0.2) is 0 Å². The van der Waals surface area contributed by atoms with E-state index in [2.05, 4.69) is 0 Å². The summed E-state index contributed by atoms with van der Waals surface area (Å²) >= 11 is 0. The first-order valence-electron chi connectivity index (χ1n) is 5.11. The van der Waals surface area contributed by atoms with Crippen LogP contribution in [0.3, 0.4) is 0 Å². The Morgan fingerprint density at radius 3 is 2.35 bits per heavy atom. The molecule has 8 heteroatoms. The predicted molar refractivity (Wildman–Crippen MR) is 53.1 cm³/mol. The summed E-state index contributed by atoms with van der Waals surface area (Å²) in [5, 5.41) is 10.3. The van der Waals surface area contributed by atoms with Gasteiger partial charge >= 0.3 is 12.2 Å². The average Bonchev–Trinajstić information content (AvgIpc) is 2.26. The van der Waals surface area contributed by atoms with Crippen LogP contribution in [-0.2, 0) is 0 Å². The zero-order chi connectivity index (χ0) is 12.9. The van der Waals surface area contributed by atoms with E-state index in [0.717, 1.165) is 0 Å². The summed E-state index contributed by atoms with van der Waals surface area (Å²) < 4.78 is 35.6. The molecule has 0 unspecified atom stereocenters. The maximum Gasteiger partial charge on any atom is 0.405 e. The van der Waals surface area contributed by atoms with E-state index in [4.69, 9.17) is 5.26 Å². The number of rotatable bonds is 2. The molecule has 0 aliphatic carbocycles. The van der Waals surface area contributed by atoms with Gasteiger partial charge in [-0.1, -0.05) is 0 Å². The van der Waals surface area contributed by atoms with Crippen molar-refractivity contribution in [3.63, 3.8) is 0 Å². The number of hydrogen-bond acceptors (Lipinski definition) is 3. The summed E-state index contributed by atoms with van der Waals surface area (Å²) in [5.41, 5.74) is 0. The number of urea groups is 1. The van der Waals surface area contributed by atoms with Crippen LogP contribution < -0.4 is 5.32 Å². The van der Waals surface area contributed by atoms with Crippen LogP contribution in [0.4, 0.5) is 18.0 Å². The summed E-state index contributed by atoms with van der Waals surface area (Å²) in [7, 11) is 0. The average molecular weight is 250 g/mol. The van der Waals surface area contributed by atoms with Crippen molar-refractivity contribution < 1.29 is 18.0 Å². The van der Waals surface area contributed by atoms with Crippen molar-refractivity contribution >= 4 is 6.03 Å². The maximum absolute atomic E-state index is 11.9. The molecule has 1 heterocycles. The molecule has 1 N–H and O–H groups in total. The highest BCUT2D eigenvalue weighted by Crippen LogP contribution is 2.12. The molecule has 0 aromatic heterocycles. The number of halogens is 3. The molecule has 1 aliphatic heterocycles. The molecule has 17 heavy (non-hydrogen) atoms. The standard InChI is InChI=1S/C9H13F3N4O/c10-9(11,12)7-14-8(17)16-5-3-15(2-1-13)4-6-16/h2-7H2,(H,14,17). The van der Waals surface area contributed by atoms with Gasteiger partial charge in [0.15, 0.2) is 0 Å². The topological polar surface area (TPSA) is 59.4 Å². The van der Waals surface area contributed by atoms with Crippen molar-refractivity contribution in [3.8, 4) is 6.07 Å². The number of hydrogen-bond donors (Lipinski definition) is 1. The highest BCUT2D eigenvalue weighted by molar-refractivity contribution is 5.74. The Kier molecular flexibility index (Phi) is 4.57. The lowest BCUT2D eigenvalue weighted by Crippen LogP contribution is -2.52. The minimum atomic E-state index is -4.39. The molecule has 2 amide bonds. The summed E-state index contributed by atoms with van der Waals surface area (Å²) in [5.74, 6) is 0. The van der Waals surface area contributed by atoms with Gasteiger partial charge in [-0.2, -0.15) is 18.4 Å². The number of amides is 2. The summed E-state index contributed by atoms with van der Waals surface area (Å²) in [6, 6.07) is 1.28. The molecular weight excluding hydrogens is 237 g/mol. The third-order valence-electron chi connectivity index (χ3n) is 2.39. The summed E-state index contributed by atoms with van der Waals surface area (Å²) in [6.07, 6.45) is -4.39. The number of nitrogens with one attached hydrogen (secondary N) is 1. The van der Waals surface area contributed by atoms with E-state index in [-0.39, 0.29) is 6.54 Å². The number of carbonyl (C=O) groups is 1. The van der Waals surface area contributed by atoms with Crippen LogP contribution in [-0.4, -0.2) is 61.3 Å². The van der Waals surface area contributed by atoms with Gasteiger partial charge in [0.05, 0.1) is 12.6 Å². The Bertz CT molecular complexity index is 304. The molecule has 0 aromatic carbocycles. The minimum absolute atomic E-state index is 0.276. The van der Waals surface area contributed by atoms with Gasteiger partial charge in [-0.05, 0) is 0 Å². The Balaban J connectivity index is 2.29. The highest BCUT2D eigenvalue weighted by Gasteiger charge is 2.29. The lowest BCUT2D eigenvalue weighted by Gasteiger charge is -2.33. The van der Waals surface area contributed by atoms with Gasteiger partial charge in [0.25, 0.3) is 0 Å². The molecule has 0 atom stereocenters. The van der Waals surface area contributed by atoms with Crippen LogP contribution in [0.1, 0.15) is 0 Å². The fraction of sp³-hybridized carbons (Fsp3) is 0.778. The van der Waals surface area contributed by atoms with E-state index in [1.807, 2.05) is 16.3 Å². The van der Waals surface area contributed by atoms with Gasteiger partial charge in [0.2, 0.25) is 0 Å². The lowest BCUT2D eigenvalue weighted by atomic mass is 10.3. The number of nitrogens with zero attached hydrogens (tertiary/aromatic N) is 3. The number of carbonyl (C=O) groups excluding carboxylic acids is 1. The minimum Gasteiger partial charge on any atom is -0.329 e. The van der Waals surface area contributed by atoms with Crippen molar-refractivity contribution in [2.24, 2.45) is 0 Å². The van der Waals surface area contributed by atoms with Crippen molar-refractivity contribution in [3.05, 3.63) is 0 Å². The second-order valence-corrected chi connectivity index (χ2v) is 3.70. The van der Waals surface area contributed by atoms with Crippen molar-refractivity contribution in [2.45, 2.75) is 6.18 Å². The van der Waals surface area contributed by atoms with Crippen molar-refractivity contribution in [2.75, 3.05) is 39.3 Å². The van der Waals surface area contributed by atoms with E-state index in [0.29, 0.717) is 26.2 Å². The molecule has 0 aromatic rings. The molecular formula is C9H13F3N4O. The number of alkyl halides is 3. The smallest absolute Gasteiger partial charge is 0.329 e. The second kappa shape index (κ2) is 5.72. The molecule has 0 radical (unpaired) electrons. The summed E-state index contributed by atoms with van der Waals surface area (Å²) in [6.45, 7) is 0.652. The molecule has 96 valence electrons. The van der Waals surface area contributed by atoms with E-state index in [1.165, 1.54) is 4.90 Å². The molecule has 1 saturated heterocycles. The van der Waals surface area contributed by atoms with Crippen molar-refractivity contribution in [1.29, 1.82) is 5.26 Å².